The maximum absolute atomic E-state index is 12.3. The third kappa shape index (κ3) is 4.38. The summed E-state index contributed by atoms with van der Waals surface area (Å²) in [4.78, 5) is 14.5. The molecule has 0 unspecified atom stereocenters. The zero-order valence-electron chi connectivity index (χ0n) is 14.2. The smallest absolute Gasteiger partial charge is 0.287 e. The molecule has 0 bridgehead atoms. The molecule has 1 amide bonds. The summed E-state index contributed by atoms with van der Waals surface area (Å²) >= 11 is 0. The van der Waals surface area contributed by atoms with Gasteiger partial charge in [0.05, 0.1) is 0 Å². The molecule has 0 saturated carbocycles. The van der Waals surface area contributed by atoms with Gasteiger partial charge in [-0.1, -0.05) is 12.1 Å². The summed E-state index contributed by atoms with van der Waals surface area (Å²) in [5.74, 6) is 1.64. The Kier molecular flexibility index (Phi) is 5.20. The Morgan fingerprint density at radius 3 is 2.83 bits per heavy atom. The molecular weight excluding hydrogens is 304 g/mol. The van der Waals surface area contributed by atoms with Crippen molar-refractivity contribution in [3.8, 4) is 5.75 Å². The fourth-order valence-corrected chi connectivity index (χ4v) is 2.85. The molecule has 24 heavy (non-hydrogen) atoms. The predicted octanol–water partition coefficient (Wildman–Crippen LogP) is 2.99. The molecule has 128 valence electrons. The van der Waals surface area contributed by atoms with E-state index in [1.165, 1.54) is 0 Å². The predicted molar refractivity (Wildman–Crippen MR) is 92.2 cm³/mol. The number of hydrogen-bond acceptors (Lipinski definition) is 4. The lowest BCUT2D eigenvalue weighted by molar-refractivity contribution is 0.0884. The second kappa shape index (κ2) is 7.53. The number of carbonyl (C=O) groups excluding carboxylic acids is 1. The van der Waals surface area contributed by atoms with Crippen molar-refractivity contribution in [3.05, 3.63) is 53.5 Å². The second-order valence-electron chi connectivity index (χ2n) is 6.42. The molecule has 0 aliphatic carbocycles. The van der Waals surface area contributed by atoms with Crippen molar-refractivity contribution in [2.75, 3.05) is 20.1 Å². The van der Waals surface area contributed by atoms with Gasteiger partial charge in [-0.3, -0.25) is 4.79 Å². The Balaban J connectivity index is 1.52. The molecule has 1 N–H and O–H groups in total. The molecular formula is C19H24N2O3. The van der Waals surface area contributed by atoms with Crippen LogP contribution in [0.4, 0.5) is 0 Å². The molecule has 1 aliphatic rings. The van der Waals surface area contributed by atoms with E-state index in [0.29, 0.717) is 18.1 Å². The van der Waals surface area contributed by atoms with Crippen molar-refractivity contribution in [1.29, 1.82) is 0 Å². The number of nitrogens with zero attached hydrogens (tertiary/aromatic N) is 1. The number of piperidine rings is 1. The van der Waals surface area contributed by atoms with Gasteiger partial charge in [0.15, 0.2) is 5.76 Å². The first kappa shape index (κ1) is 16.6. The van der Waals surface area contributed by atoms with Crippen LogP contribution >= 0.6 is 0 Å². The zero-order valence-corrected chi connectivity index (χ0v) is 14.2. The largest absolute Gasteiger partial charge is 0.486 e. The summed E-state index contributed by atoms with van der Waals surface area (Å²) in [6.45, 7) is 4.35. The highest BCUT2D eigenvalue weighted by Gasteiger charge is 2.20. The van der Waals surface area contributed by atoms with Gasteiger partial charge in [-0.2, -0.15) is 0 Å². The van der Waals surface area contributed by atoms with Gasteiger partial charge < -0.3 is 19.4 Å². The molecule has 1 aromatic carbocycles. The van der Waals surface area contributed by atoms with Crippen LogP contribution in [0.25, 0.3) is 0 Å². The maximum atomic E-state index is 12.3. The van der Waals surface area contributed by atoms with Crippen LogP contribution in [-0.2, 0) is 6.61 Å². The van der Waals surface area contributed by atoms with Crippen molar-refractivity contribution in [1.82, 2.24) is 10.2 Å². The van der Waals surface area contributed by atoms with Gasteiger partial charge in [0, 0.05) is 6.04 Å². The first-order chi connectivity index (χ1) is 11.6. The van der Waals surface area contributed by atoms with Gasteiger partial charge in [-0.15, -0.1) is 0 Å². The minimum Gasteiger partial charge on any atom is -0.486 e. The van der Waals surface area contributed by atoms with Gasteiger partial charge >= 0.3 is 0 Å². The molecule has 0 radical (unpaired) electrons. The molecule has 1 aliphatic heterocycles. The number of furan rings is 1. The lowest BCUT2D eigenvalue weighted by atomic mass is 10.1. The van der Waals surface area contributed by atoms with Gasteiger partial charge in [0.2, 0.25) is 0 Å². The number of rotatable bonds is 5. The molecule has 1 fully saturated rings. The SMILES string of the molecule is Cc1cccc(OCc2ccc(C(=O)NC3CCN(C)CC3)o2)c1. The summed E-state index contributed by atoms with van der Waals surface area (Å²) in [6, 6.07) is 11.6. The third-order valence-corrected chi connectivity index (χ3v) is 4.31. The standard InChI is InChI=1S/C19H24N2O3/c1-14-4-3-5-16(12-14)23-13-17-6-7-18(24-17)19(22)20-15-8-10-21(2)11-9-15/h3-7,12,15H,8-11,13H2,1-2H3,(H,20,22). The van der Waals surface area contributed by atoms with Crippen LogP contribution in [0.15, 0.2) is 40.8 Å². The van der Waals surface area contributed by atoms with E-state index in [-0.39, 0.29) is 11.9 Å². The Morgan fingerprint density at radius 1 is 1.29 bits per heavy atom. The average molecular weight is 328 g/mol. The quantitative estimate of drug-likeness (QED) is 0.917. The molecule has 5 heteroatoms. The summed E-state index contributed by atoms with van der Waals surface area (Å²) in [6.07, 6.45) is 1.96. The Morgan fingerprint density at radius 2 is 2.08 bits per heavy atom. The minimum atomic E-state index is -0.147. The van der Waals surface area contributed by atoms with E-state index in [1.54, 1.807) is 12.1 Å². The Labute approximate surface area is 142 Å². The summed E-state index contributed by atoms with van der Waals surface area (Å²) < 4.78 is 11.3. The summed E-state index contributed by atoms with van der Waals surface area (Å²) in [5, 5.41) is 3.05. The van der Waals surface area contributed by atoms with Crippen molar-refractivity contribution in [3.63, 3.8) is 0 Å². The molecule has 3 rings (SSSR count). The van der Waals surface area contributed by atoms with Gasteiger partial charge in [-0.25, -0.2) is 0 Å². The van der Waals surface area contributed by atoms with E-state index >= 15 is 0 Å². The van der Waals surface area contributed by atoms with Crippen molar-refractivity contribution in [2.45, 2.75) is 32.4 Å². The fraction of sp³-hybridized carbons (Fsp3) is 0.421. The third-order valence-electron chi connectivity index (χ3n) is 4.31. The lowest BCUT2D eigenvalue weighted by Crippen LogP contribution is -2.43. The van der Waals surface area contributed by atoms with E-state index in [1.807, 2.05) is 31.2 Å². The topological polar surface area (TPSA) is 54.7 Å². The minimum absolute atomic E-state index is 0.147. The van der Waals surface area contributed by atoms with E-state index in [0.717, 1.165) is 37.2 Å². The first-order valence-corrected chi connectivity index (χ1v) is 8.38. The van der Waals surface area contributed by atoms with Gasteiger partial charge in [0.1, 0.15) is 18.1 Å². The number of carbonyl (C=O) groups is 1. The van der Waals surface area contributed by atoms with Crippen LogP contribution in [0.2, 0.25) is 0 Å². The van der Waals surface area contributed by atoms with Crippen molar-refractivity contribution in [2.24, 2.45) is 0 Å². The molecule has 2 aromatic rings. The molecule has 1 aromatic heterocycles. The highest BCUT2D eigenvalue weighted by molar-refractivity contribution is 5.91. The van der Waals surface area contributed by atoms with E-state index in [9.17, 15) is 4.79 Å². The van der Waals surface area contributed by atoms with Crippen LogP contribution in [0.3, 0.4) is 0 Å². The molecule has 0 atom stereocenters. The number of nitrogens with one attached hydrogen (secondary N) is 1. The molecule has 2 heterocycles. The number of benzene rings is 1. The number of hydrogen-bond donors (Lipinski definition) is 1. The summed E-state index contributed by atoms with van der Waals surface area (Å²) in [7, 11) is 2.10. The van der Waals surface area contributed by atoms with E-state index < -0.39 is 0 Å². The highest BCUT2D eigenvalue weighted by Crippen LogP contribution is 2.16. The monoisotopic (exact) mass is 328 g/mol. The fourth-order valence-electron chi connectivity index (χ4n) is 2.85. The molecule has 1 saturated heterocycles. The normalized spacial score (nSPS) is 16.1. The maximum Gasteiger partial charge on any atom is 0.287 e. The van der Waals surface area contributed by atoms with Crippen LogP contribution in [0.1, 0.15) is 34.7 Å². The second-order valence-corrected chi connectivity index (χ2v) is 6.42. The summed E-state index contributed by atoms with van der Waals surface area (Å²) in [5.41, 5.74) is 1.14. The lowest BCUT2D eigenvalue weighted by Gasteiger charge is -2.29. The van der Waals surface area contributed by atoms with Gasteiger partial charge in [-0.05, 0) is 69.7 Å². The first-order valence-electron chi connectivity index (χ1n) is 8.38. The number of likely N-dealkylation sites (tertiary alicyclic amines) is 1. The van der Waals surface area contributed by atoms with E-state index in [2.05, 4.69) is 17.3 Å². The van der Waals surface area contributed by atoms with Crippen molar-refractivity contribution < 1.29 is 13.9 Å². The molecule has 0 spiro atoms. The van der Waals surface area contributed by atoms with Crippen molar-refractivity contribution >= 4 is 5.91 Å². The number of ether oxygens (including phenoxy) is 1. The van der Waals surface area contributed by atoms with Crippen LogP contribution in [0.5, 0.6) is 5.75 Å². The van der Waals surface area contributed by atoms with E-state index in [4.69, 9.17) is 9.15 Å². The average Bonchev–Trinajstić information content (AvgIpc) is 3.04. The van der Waals surface area contributed by atoms with Gasteiger partial charge in [0.25, 0.3) is 5.91 Å². The number of amides is 1. The van der Waals surface area contributed by atoms with Crippen LogP contribution in [-0.4, -0.2) is 37.0 Å². The Bertz CT molecular complexity index is 687. The van der Waals surface area contributed by atoms with Crippen LogP contribution < -0.4 is 10.1 Å². The highest BCUT2D eigenvalue weighted by atomic mass is 16.5. The Hall–Kier alpha value is -2.27. The van der Waals surface area contributed by atoms with Crippen LogP contribution in [0, 0.1) is 6.92 Å². The molecule has 5 nitrogen and oxygen atoms in total. The number of aryl methyl sites for hydroxylation is 1. The zero-order chi connectivity index (χ0) is 16.9.